The van der Waals surface area contributed by atoms with Crippen LogP contribution in [0.2, 0.25) is 0 Å². The predicted octanol–water partition coefficient (Wildman–Crippen LogP) is 3.69. The van der Waals surface area contributed by atoms with Crippen molar-refractivity contribution in [3.63, 3.8) is 0 Å². The summed E-state index contributed by atoms with van der Waals surface area (Å²) in [5.41, 5.74) is 2.19. The van der Waals surface area contributed by atoms with Crippen molar-refractivity contribution < 1.29 is 14.0 Å². The van der Waals surface area contributed by atoms with Crippen LogP contribution in [0.5, 0.6) is 0 Å². The van der Waals surface area contributed by atoms with Gasteiger partial charge in [-0.3, -0.25) is 9.59 Å². The smallest absolute Gasteiger partial charge is 0.249 e. The molecule has 1 unspecified atom stereocenters. The van der Waals surface area contributed by atoms with Crippen LogP contribution in [-0.4, -0.2) is 32.8 Å². The molecule has 0 fully saturated rings. The molecule has 0 aliphatic heterocycles. The zero-order valence-electron chi connectivity index (χ0n) is 17.0. The number of aromatic nitrogens is 3. The maximum Gasteiger partial charge on any atom is 0.249 e. The van der Waals surface area contributed by atoms with Crippen LogP contribution >= 0.6 is 11.3 Å². The number of carbonyl (C=O) groups is 2. The standard InChI is InChI=1S/C21H24FN5O2S/c1-12(2)8-18(28)25-17(9-16-10-23-11-24-16)20(29)27-21-26-19(13(3)30-21)14-4-6-15(22)7-5-14/h4-7,10-12,17H,8-9H2,1-3H3,(H,23,24)(H,25,28)(H,26,27,29). The van der Waals surface area contributed by atoms with Crippen molar-refractivity contribution in [2.45, 2.75) is 39.7 Å². The van der Waals surface area contributed by atoms with Crippen LogP contribution in [0.25, 0.3) is 11.3 Å². The predicted molar refractivity (Wildman–Crippen MR) is 115 cm³/mol. The third-order valence-electron chi connectivity index (χ3n) is 4.37. The molecule has 1 aromatic carbocycles. The quantitative estimate of drug-likeness (QED) is 0.508. The van der Waals surface area contributed by atoms with Crippen molar-refractivity contribution in [1.82, 2.24) is 20.3 Å². The second kappa shape index (κ2) is 9.62. The van der Waals surface area contributed by atoms with Crippen molar-refractivity contribution in [3.8, 4) is 11.3 Å². The normalized spacial score (nSPS) is 12.0. The number of rotatable bonds is 8. The number of amides is 2. The average Bonchev–Trinajstić information content (AvgIpc) is 3.31. The minimum absolute atomic E-state index is 0.181. The van der Waals surface area contributed by atoms with Crippen LogP contribution in [0.4, 0.5) is 9.52 Å². The summed E-state index contributed by atoms with van der Waals surface area (Å²) in [6.45, 7) is 5.77. The van der Waals surface area contributed by atoms with Gasteiger partial charge in [0.25, 0.3) is 0 Å². The summed E-state index contributed by atoms with van der Waals surface area (Å²) < 4.78 is 13.2. The highest BCUT2D eigenvalue weighted by molar-refractivity contribution is 7.16. The molecule has 0 aliphatic carbocycles. The van der Waals surface area contributed by atoms with E-state index in [0.717, 1.165) is 16.1 Å². The van der Waals surface area contributed by atoms with E-state index in [1.165, 1.54) is 29.8 Å². The molecule has 30 heavy (non-hydrogen) atoms. The molecule has 0 saturated carbocycles. The van der Waals surface area contributed by atoms with Crippen LogP contribution in [0.3, 0.4) is 0 Å². The average molecular weight is 430 g/mol. The number of hydrogen-bond acceptors (Lipinski definition) is 5. The first kappa shape index (κ1) is 21.6. The molecule has 3 aromatic rings. The van der Waals surface area contributed by atoms with Gasteiger partial charge in [0.2, 0.25) is 11.8 Å². The van der Waals surface area contributed by atoms with Crippen LogP contribution < -0.4 is 10.6 Å². The van der Waals surface area contributed by atoms with Crippen LogP contribution in [0.15, 0.2) is 36.8 Å². The third kappa shape index (κ3) is 5.73. The number of aromatic amines is 1. The summed E-state index contributed by atoms with van der Waals surface area (Å²) in [6, 6.07) is 5.27. The summed E-state index contributed by atoms with van der Waals surface area (Å²) in [5, 5.41) is 6.02. The first-order chi connectivity index (χ1) is 14.3. The third-order valence-corrected chi connectivity index (χ3v) is 5.25. The minimum atomic E-state index is -0.768. The number of benzene rings is 1. The molecule has 3 N–H and O–H groups in total. The van der Waals surface area contributed by atoms with Crippen LogP contribution in [0, 0.1) is 18.7 Å². The summed E-state index contributed by atoms with van der Waals surface area (Å²) >= 11 is 1.33. The highest BCUT2D eigenvalue weighted by Crippen LogP contribution is 2.30. The maximum absolute atomic E-state index is 13.2. The van der Waals surface area contributed by atoms with Crippen molar-refractivity contribution >= 4 is 28.3 Å². The molecule has 3 rings (SSSR count). The molecule has 0 radical (unpaired) electrons. The second-order valence-corrected chi connectivity index (χ2v) is 8.62. The van der Waals surface area contributed by atoms with Gasteiger partial charge in [-0.2, -0.15) is 0 Å². The van der Waals surface area contributed by atoms with Crippen molar-refractivity contribution in [1.29, 1.82) is 0 Å². The van der Waals surface area contributed by atoms with Gasteiger partial charge in [0, 0.05) is 35.2 Å². The van der Waals surface area contributed by atoms with Gasteiger partial charge in [0.05, 0.1) is 12.0 Å². The van der Waals surface area contributed by atoms with Crippen LogP contribution in [0.1, 0.15) is 30.8 Å². The van der Waals surface area contributed by atoms with Crippen molar-refractivity contribution in [2.24, 2.45) is 5.92 Å². The number of aryl methyl sites for hydroxylation is 1. The zero-order valence-corrected chi connectivity index (χ0v) is 17.8. The summed E-state index contributed by atoms with van der Waals surface area (Å²) in [7, 11) is 0. The van der Waals surface area contributed by atoms with Gasteiger partial charge < -0.3 is 15.6 Å². The summed E-state index contributed by atoms with van der Waals surface area (Å²) in [6.07, 6.45) is 3.76. The number of imidazole rings is 1. The van der Waals surface area contributed by atoms with Gasteiger partial charge in [-0.1, -0.05) is 13.8 Å². The SMILES string of the molecule is Cc1sc(NC(=O)C(Cc2cnc[nH]2)NC(=O)CC(C)C)nc1-c1ccc(F)cc1. The van der Waals surface area contributed by atoms with Crippen LogP contribution in [-0.2, 0) is 16.0 Å². The van der Waals surface area contributed by atoms with E-state index in [1.807, 2.05) is 20.8 Å². The molecule has 1 atom stereocenters. The summed E-state index contributed by atoms with van der Waals surface area (Å²) in [5.74, 6) is -0.687. The van der Waals surface area contributed by atoms with Gasteiger partial charge in [-0.05, 0) is 37.1 Å². The molecule has 158 valence electrons. The molecule has 7 nitrogen and oxygen atoms in total. The molecular weight excluding hydrogens is 405 g/mol. The molecule has 0 spiro atoms. The number of anilines is 1. The van der Waals surface area contributed by atoms with Gasteiger partial charge >= 0.3 is 0 Å². The van der Waals surface area contributed by atoms with E-state index in [2.05, 4.69) is 25.6 Å². The lowest BCUT2D eigenvalue weighted by Crippen LogP contribution is -2.45. The Bertz CT molecular complexity index is 999. The fraction of sp³-hybridized carbons (Fsp3) is 0.333. The van der Waals surface area contributed by atoms with Gasteiger partial charge in [-0.25, -0.2) is 14.4 Å². The van der Waals surface area contributed by atoms with E-state index in [-0.39, 0.29) is 30.0 Å². The Hall–Kier alpha value is -3.07. The lowest BCUT2D eigenvalue weighted by Gasteiger charge is -2.17. The number of H-pyrrole nitrogens is 1. The lowest BCUT2D eigenvalue weighted by atomic mass is 10.1. The number of thiazole rings is 1. The summed E-state index contributed by atoms with van der Waals surface area (Å²) in [4.78, 5) is 37.5. The lowest BCUT2D eigenvalue weighted by molar-refractivity contribution is -0.127. The Balaban J connectivity index is 1.75. The number of hydrogen-bond donors (Lipinski definition) is 3. The van der Waals surface area contributed by atoms with E-state index in [9.17, 15) is 14.0 Å². The Morgan fingerprint density at radius 3 is 2.60 bits per heavy atom. The molecule has 0 bridgehead atoms. The molecule has 2 amide bonds. The van der Waals surface area contributed by atoms with E-state index < -0.39 is 6.04 Å². The topological polar surface area (TPSA) is 99.8 Å². The number of nitrogens with zero attached hydrogens (tertiary/aromatic N) is 2. The van der Waals surface area contributed by atoms with E-state index in [4.69, 9.17) is 0 Å². The fourth-order valence-corrected chi connectivity index (χ4v) is 3.81. The van der Waals surface area contributed by atoms with Gasteiger partial charge in [-0.15, -0.1) is 11.3 Å². The first-order valence-corrected chi connectivity index (χ1v) is 10.4. The Labute approximate surface area is 178 Å². The van der Waals surface area contributed by atoms with Gasteiger partial charge in [0.15, 0.2) is 5.13 Å². The van der Waals surface area contributed by atoms with Crippen molar-refractivity contribution in [2.75, 3.05) is 5.32 Å². The molecule has 2 aromatic heterocycles. The fourth-order valence-electron chi connectivity index (χ4n) is 2.97. The minimum Gasteiger partial charge on any atom is -0.348 e. The van der Waals surface area contributed by atoms with E-state index in [1.54, 1.807) is 18.3 Å². The first-order valence-electron chi connectivity index (χ1n) is 9.62. The Kier molecular flexibility index (Phi) is 6.94. The zero-order chi connectivity index (χ0) is 21.7. The number of halogens is 1. The van der Waals surface area contributed by atoms with E-state index >= 15 is 0 Å². The number of nitrogens with one attached hydrogen (secondary N) is 3. The Morgan fingerprint density at radius 2 is 1.97 bits per heavy atom. The number of carbonyl (C=O) groups excluding carboxylic acids is 2. The van der Waals surface area contributed by atoms with E-state index in [0.29, 0.717) is 17.2 Å². The maximum atomic E-state index is 13.2. The molecular formula is C21H24FN5O2S. The molecule has 2 heterocycles. The van der Waals surface area contributed by atoms with Gasteiger partial charge in [0.1, 0.15) is 11.9 Å². The Morgan fingerprint density at radius 1 is 1.23 bits per heavy atom. The molecule has 0 saturated heterocycles. The highest BCUT2D eigenvalue weighted by Gasteiger charge is 2.24. The van der Waals surface area contributed by atoms with Crippen molar-refractivity contribution in [3.05, 3.63) is 53.2 Å². The second-order valence-electron chi connectivity index (χ2n) is 7.42. The highest BCUT2D eigenvalue weighted by atomic mass is 32.1. The molecule has 0 aliphatic rings. The monoisotopic (exact) mass is 429 g/mol. The molecule has 9 heteroatoms. The largest absolute Gasteiger partial charge is 0.348 e.